The first-order valence-corrected chi connectivity index (χ1v) is 11.9. The molecule has 0 aliphatic carbocycles. The summed E-state index contributed by atoms with van der Waals surface area (Å²) in [5.41, 5.74) is 4.00. The van der Waals surface area contributed by atoms with Crippen molar-refractivity contribution < 1.29 is 9.47 Å². The minimum absolute atomic E-state index is 0.0156. The van der Waals surface area contributed by atoms with Gasteiger partial charge in [0, 0.05) is 12.1 Å². The highest BCUT2D eigenvalue weighted by Gasteiger charge is 2.13. The fourth-order valence-electron chi connectivity index (χ4n) is 4.13. The van der Waals surface area contributed by atoms with E-state index < -0.39 is 0 Å². The zero-order valence-corrected chi connectivity index (χ0v) is 20.4. The van der Waals surface area contributed by atoms with Crippen LogP contribution in [0.15, 0.2) is 71.5 Å². The van der Waals surface area contributed by atoms with E-state index >= 15 is 0 Å². The molecule has 0 unspecified atom stereocenters. The zero-order valence-electron chi connectivity index (χ0n) is 20.4. The molecule has 1 heterocycles. The van der Waals surface area contributed by atoms with Crippen LogP contribution in [0.2, 0.25) is 0 Å². The number of hydrogen-bond donors (Lipinski definition) is 0. The summed E-state index contributed by atoms with van der Waals surface area (Å²) in [6.07, 6.45) is 1.65. The molecule has 0 atom stereocenters. The average Bonchev–Trinajstić information content (AvgIpc) is 2.85. The summed E-state index contributed by atoms with van der Waals surface area (Å²) >= 11 is 0. The molecule has 0 radical (unpaired) electrons. The highest BCUT2D eigenvalue weighted by atomic mass is 16.5. The van der Waals surface area contributed by atoms with Gasteiger partial charge in [0.15, 0.2) is 0 Å². The number of para-hydroxylation sites is 1. The van der Waals surface area contributed by atoms with Gasteiger partial charge < -0.3 is 9.47 Å². The third-order valence-corrected chi connectivity index (χ3v) is 6.03. The molecular weight excluding hydrogens is 424 g/mol. The molecule has 4 rings (SSSR count). The first-order chi connectivity index (χ1) is 16.5. The van der Waals surface area contributed by atoms with Crippen LogP contribution < -0.4 is 15.0 Å². The van der Waals surface area contributed by atoms with Crippen molar-refractivity contribution >= 4 is 10.9 Å². The minimum Gasteiger partial charge on any atom is -0.497 e. The number of benzene rings is 3. The summed E-state index contributed by atoms with van der Waals surface area (Å²) in [4.78, 5) is 18.2. The molecule has 4 aromatic rings. The Labute approximate surface area is 201 Å². The molecule has 5 nitrogen and oxygen atoms in total. The van der Waals surface area contributed by atoms with E-state index in [1.807, 2.05) is 48.5 Å². The van der Waals surface area contributed by atoms with E-state index in [-0.39, 0.29) is 5.56 Å². The maximum absolute atomic E-state index is 13.4. The van der Waals surface area contributed by atoms with E-state index in [9.17, 15) is 4.79 Å². The Morgan fingerprint density at radius 2 is 1.74 bits per heavy atom. The van der Waals surface area contributed by atoms with Crippen molar-refractivity contribution in [1.82, 2.24) is 9.55 Å². The molecular formula is C29H32N2O3. The van der Waals surface area contributed by atoms with Gasteiger partial charge >= 0.3 is 0 Å². The van der Waals surface area contributed by atoms with Gasteiger partial charge in [-0.25, -0.2) is 4.98 Å². The number of aryl methyl sites for hydroxylation is 1. The SMILES string of the molecule is COc1ccc(-c2nc3ccccc3c(=O)n2CCCCOc2cc(C)ccc2C(C)C)cc1. The van der Waals surface area contributed by atoms with Crippen LogP contribution in [0.1, 0.15) is 43.7 Å². The van der Waals surface area contributed by atoms with Crippen LogP contribution in [-0.4, -0.2) is 23.3 Å². The van der Waals surface area contributed by atoms with Gasteiger partial charge in [0.05, 0.1) is 24.6 Å². The first-order valence-electron chi connectivity index (χ1n) is 11.9. The highest BCUT2D eigenvalue weighted by Crippen LogP contribution is 2.28. The van der Waals surface area contributed by atoms with E-state index in [1.54, 1.807) is 11.7 Å². The molecule has 34 heavy (non-hydrogen) atoms. The number of ether oxygens (including phenoxy) is 2. The first kappa shape index (κ1) is 23.6. The monoisotopic (exact) mass is 456 g/mol. The largest absolute Gasteiger partial charge is 0.497 e. The van der Waals surface area contributed by atoms with Crippen LogP contribution in [0.25, 0.3) is 22.3 Å². The molecule has 0 aliphatic rings. The standard InChI is InChI=1S/C29H32N2O3/c1-20(2)24-16-11-21(3)19-27(24)34-18-8-7-17-31-28(22-12-14-23(33-4)15-13-22)30-26-10-6-5-9-25(26)29(31)32/h5-6,9-16,19-20H,7-8,17-18H2,1-4H3. The van der Waals surface area contributed by atoms with Crippen molar-refractivity contribution in [2.24, 2.45) is 0 Å². The fourth-order valence-corrected chi connectivity index (χ4v) is 4.13. The molecule has 3 aromatic carbocycles. The second-order valence-electron chi connectivity index (χ2n) is 8.89. The zero-order chi connectivity index (χ0) is 24.1. The number of unbranched alkanes of at least 4 members (excludes halogenated alkanes) is 1. The second kappa shape index (κ2) is 10.6. The molecule has 0 amide bonds. The number of nitrogens with zero attached hydrogens (tertiary/aromatic N) is 2. The third kappa shape index (κ3) is 5.14. The van der Waals surface area contributed by atoms with Crippen LogP contribution in [0.3, 0.4) is 0 Å². The van der Waals surface area contributed by atoms with Crippen LogP contribution in [0, 0.1) is 6.92 Å². The highest BCUT2D eigenvalue weighted by molar-refractivity contribution is 5.79. The van der Waals surface area contributed by atoms with Gasteiger partial charge in [-0.3, -0.25) is 9.36 Å². The van der Waals surface area contributed by atoms with Crippen molar-refractivity contribution in [2.45, 2.75) is 46.1 Å². The Morgan fingerprint density at radius 3 is 2.47 bits per heavy atom. The van der Waals surface area contributed by atoms with E-state index in [1.165, 1.54) is 11.1 Å². The summed E-state index contributed by atoms with van der Waals surface area (Å²) < 4.78 is 13.2. The normalized spacial score (nSPS) is 11.2. The van der Waals surface area contributed by atoms with Crippen molar-refractivity contribution in [2.75, 3.05) is 13.7 Å². The quantitative estimate of drug-likeness (QED) is 0.275. The molecule has 1 aromatic heterocycles. The van der Waals surface area contributed by atoms with Gasteiger partial charge in [0.25, 0.3) is 5.56 Å². The molecule has 176 valence electrons. The molecule has 0 saturated heterocycles. The Morgan fingerprint density at radius 1 is 0.971 bits per heavy atom. The number of fused-ring (bicyclic) bond motifs is 1. The topological polar surface area (TPSA) is 53.3 Å². The predicted molar refractivity (Wildman–Crippen MR) is 138 cm³/mol. The summed E-state index contributed by atoms with van der Waals surface area (Å²) in [7, 11) is 1.64. The minimum atomic E-state index is -0.0156. The average molecular weight is 457 g/mol. The van der Waals surface area contributed by atoms with Crippen LogP contribution in [0.5, 0.6) is 11.5 Å². The van der Waals surface area contributed by atoms with Crippen LogP contribution in [0.4, 0.5) is 0 Å². The molecule has 0 saturated carbocycles. The van der Waals surface area contributed by atoms with Crippen LogP contribution >= 0.6 is 0 Å². The number of aromatic nitrogens is 2. The maximum Gasteiger partial charge on any atom is 0.261 e. The smallest absolute Gasteiger partial charge is 0.261 e. The number of rotatable bonds is 9. The Kier molecular flexibility index (Phi) is 7.31. The Bertz CT molecular complexity index is 1320. The Balaban J connectivity index is 1.53. The molecule has 0 aliphatic heterocycles. The fraction of sp³-hybridized carbons (Fsp3) is 0.310. The van der Waals surface area contributed by atoms with Gasteiger partial charge in [-0.05, 0) is 79.3 Å². The van der Waals surface area contributed by atoms with Crippen LogP contribution in [-0.2, 0) is 6.54 Å². The van der Waals surface area contributed by atoms with Gasteiger partial charge in [-0.2, -0.15) is 0 Å². The summed E-state index contributed by atoms with van der Waals surface area (Å²) in [6.45, 7) is 7.62. The van der Waals surface area contributed by atoms with Crippen molar-refractivity contribution in [3.63, 3.8) is 0 Å². The van der Waals surface area contributed by atoms with Gasteiger partial charge in [0.1, 0.15) is 17.3 Å². The number of methoxy groups -OCH3 is 1. The lowest BCUT2D eigenvalue weighted by Gasteiger charge is -2.16. The molecule has 0 bridgehead atoms. The summed E-state index contributed by atoms with van der Waals surface area (Å²) in [5.74, 6) is 2.81. The lowest BCUT2D eigenvalue weighted by molar-refractivity contribution is 0.299. The van der Waals surface area contributed by atoms with Crippen molar-refractivity contribution in [3.05, 3.63) is 88.2 Å². The van der Waals surface area contributed by atoms with Crippen molar-refractivity contribution in [1.29, 1.82) is 0 Å². The van der Waals surface area contributed by atoms with Gasteiger partial charge in [-0.15, -0.1) is 0 Å². The summed E-state index contributed by atoms with van der Waals surface area (Å²) in [6, 6.07) is 21.6. The third-order valence-electron chi connectivity index (χ3n) is 6.03. The van der Waals surface area contributed by atoms with E-state index in [2.05, 4.69) is 39.0 Å². The maximum atomic E-state index is 13.4. The molecule has 0 N–H and O–H groups in total. The van der Waals surface area contributed by atoms with E-state index in [0.717, 1.165) is 29.9 Å². The van der Waals surface area contributed by atoms with E-state index in [0.29, 0.717) is 35.8 Å². The second-order valence-corrected chi connectivity index (χ2v) is 8.89. The van der Waals surface area contributed by atoms with Crippen molar-refractivity contribution in [3.8, 4) is 22.9 Å². The molecule has 5 heteroatoms. The number of hydrogen-bond acceptors (Lipinski definition) is 4. The van der Waals surface area contributed by atoms with E-state index in [4.69, 9.17) is 14.5 Å². The lowest BCUT2D eigenvalue weighted by atomic mass is 10.0. The predicted octanol–water partition coefficient (Wildman–Crippen LogP) is 6.36. The molecule has 0 fully saturated rings. The van der Waals surface area contributed by atoms with Gasteiger partial charge in [-0.1, -0.05) is 38.1 Å². The Hall–Kier alpha value is -3.60. The molecule has 0 spiro atoms. The lowest BCUT2D eigenvalue weighted by Crippen LogP contribution is -2.24. The van der Waals surface area contributed by atoms with Gasteiger partial charge in [0.2, 0.25) is 0 Å². The summed E-state index contributed by atoms with van der Waals surface area (Å²) in [5, 5.41) is 0.636.